The van der Waals surface area contributed by atoms with Gasteiger partial charge >= 0.3 is 0 Å². The van der Waals surface area contributed by atoms with Gasteiger partial charge in [-0.15, -0.1) is 0 Å². The Bertz CT molecular complexity index is 254. The van der Waals surface area contributed by atoms with Gasteiger partial charge in [-0.1, -0.05) is 0 Å². The molecular formula is C10H20NO2PS. The minimum atomic E-state index is -1.86. The molecule has 0 aromatic carbocycles. The molecule has 0 aromatic heterocycles. The lowest BCUT2D eigenvalue weighted by Gasteiger charge is -2.38. The van der Waals surface area contributed by atoms with Crippen LogP contribution in [0.15, 0.2) is 0 Å². The van der Waals surface area contributed by atoms with E-state index >= 15 is 0 Å². The van der Waals surface area contributed by atoms with Gasteiger partial charge in [-0.2, -0.15) is 0 Å². The topological polar surface area (TPSA) is 21.7 Å². The van der Waals surface area contributed by atoms with Crippen molar-refractivity contribution in [1.29, 1.82) is 0 Å². The van der Waals surface area contributed by atoms with Gasteiger partial charge in [0.2, 0.25) is 0 Å². The molecule has 0 radical (unpaired) electrons. The summed E-state index contributed by atoms with van der Waals surface area (Å²) < 4.78 is 11.3. The Morgan fingerprint density at radius 3 is 2.20 bits per heavy atom. The van der Waals surface area contributed by atoms with Crippen LogP contribution >= 0.6 is 6.49 Å². The summed E-state index contributed by atoms with van der Waals surface area (Å²) >= 11 is 5.23. The van der Waals surface area contributed by atoms with Gasteiger partial charge in [0.25, 0.3) is 0 Å². The lowest BCUT2D eigenvalue weighted by Crippen LogP contribution is -2.37. The molecule has 0 N–H and O–H groups in total. The van der Waals surface area contributed by atoms with Crippen LogP contribution < -0.4 is 0 Å². The van der Waals surface area contributed by atoms with Gasteiger partial charge in [0.1, 0.15) is 0 Å². The average molecular weight is 249 g/mol. The SMILES string of the molecule is CN1CCC(C2COP(C)(=S)OC2)CC1. The van der Waals surface area contributed by atoms with E-state index in [2.05, 4.69) is 11.9 Å². The first-order chi connectivity index (χ1) is 7.07. The first-order valence-corrected chi connectivity index (χ1v) is 8.70. The fraction of sp³-hybridized carbons (Fsp3) is 1.00. The zero-order valence-corrected chi connectivity index (χ0v) is 11.2. The van der Waals surface area contributed by atoms with Crippen molar-refractivity contribution in [2.45, 2.75) is 12.8 Å². The zero-order valence-electron chi connectivity index (χ0n) is 9.52. The predicted molar refractivity (Wildman–Crippen MR) is 65.8 cm³/mol. The molecule has 0 spiro atoms. The highest BCUT2D eigenvalue weighted by atomic mass is 32.5. The molecule has 2 rings (SSSR count). The molecule has 2 saturated heterocycles. The van der Waals surface area contributed by atoms with Crippen LogP contribution in [0.5, 0.6) is 0 Å². The van der Waals surface area contributed by atoms with Crippen LogP contribution in [0, 0.1) is 11.8 Å². The van der Waals surface area contributed by atoms with E-state index in [-0.39, 0.29) is 0 Å². The Kier molecular flexibility index (Phi) is 3.84. The van der Waals surface area contributed by atoms with Crippen molar-refractivity contribution in [1.82, 2.24) is 4.90 Å². The van der Waals surface area contributed by atoms with Crippen molar-refractivity contribution in [2.24, 2.45) is 11.8 Å². The fourth-order valence-corrected chi connectivity index (χ4v) is 3.68. The zero-order chi connectivity index (χ0) is 10.9. The van der Waals surface area contributed by atoms with Crippen molar-refractivity contribution in [3.8, 4) is 0 Å². The summed E-state index contributed by atoms with van der Waals surface area (Å²) in [5.74, 6) is 1.35. The van der Waals surface area contributed by atoms with Crippen molar-refractivity contribution >= 4 is 18.3 Å². The molecule has 0 aromatic rings. The minimum Gasteiger partial charge on any atom is -0.329 e. The summed E-state index contributed by atoms with van der Waals surface area (Å²) in [5.41, 5.74) is 0. The van der Waals surface area contributed by atoms with Gasteiger partial charge < -0.3 is 13.9 Å². The van der Waals surface area contributed by atoms with E-state index in [9.17, 15) is 0 Å². The molecule has 0 saturated carbocycles. The van der Waals surface area contributed by atoms with Gasteiger partial charge in [-0.3, -0.25) is 0 Å². The number of hydrogen-bond donors (Lipinski definition) is 0. The Morgan fingerprint density at radius 2 is 1.67 bits per heavy atom. The molecule has 2 heterocycles. The van der Waals surface area contributed by atoms with Crippen LogP contribution in [-0.4, -0.2) is 44.9 Å². The summed E-state index contributed by atoms with van der Waals surface area (Å²) in [6.45, 7) is 4.12. The molecule has 2 fully saturated rings. The minimum absolute atomic E-state index is 0.578. The molecule has 0 aliphatic carbocycles. The lowest BCUT2D eigenvalue weighted by molar-refractivity contribution is 0.0562. The number of hydrogen-bond acceptors (Lipinski definition) is 4. The molecule has 0 unspecified atom stereocenters. The summed E-state index contributed by atoms with van der Waals surface area (Å²) in [6.07, 6.45) is 2.56. The molecule has 2 aliphatic rings. The summed E-state index contributed by atoms with van der Waals surface area (Å²) in [6, 6.07) is 0. The second kappa shape index (κ2) is 4.80. The predicted octanol–water partition coefficient (Wildman–Crippen LogP) is 1.93. The highest BCUT2D eigenvalue weighted by Gasteiger charge is 2.31. The largest absolute Gasteiger partial charge is 0.329 e. The van der Waals surface area contributed by atoms with E-state index in [1.54, 1.807) is 0 Å². The standard InChI is InChI=1S/C10H20NO2PS/c1-11-5-3-9(4-6-11)10-7-12-14(2,15)13-8-10/h9-10H,3-8H2,1-2H3. The van der Waals surface area contributed by atoms with E-state index in [4.69, 9.17) is 20.9 Å². The Morgan fingerprint density at radius 1 is 1.13 bits per heavy atom. The van der Waals surface area contributed by atoms with E-state index in [0.29, 0.717) is 5.92 Å². The van der Waals surface area contributed by atoms with E-state index in [0.717, 1.165) is 19.1 Å². The fourth-order valence-electron chi connectivity index (χ4n) is 2.32. The first-order valence-electron chi connectivity index (χ1n) is 5.62. The molecule has 3 nitrogen and oxygen atoms in total. The Labute approximate surface area is 97.3 Å². The number of nitrogens with zero attached hydrogens (tertiary/aromatic N) is 1. The molecule has 15 heavy (non-hydrogen) atoms. The second-order valence-corrected chi connectivity index (χ2v) is 8.81. The molecular weight excluding hydrogens is 229 g/mol. The maximum atomic E-state index is 5.65. The van der Waals surface area contributed by atoms with Gasteiger partial charge in [0, 0.05) is 12.6 Å². The van der Waals surface area contributed by atoms with Gasteiger partial charge in [0.15, 0.2) is 6.49 Å². The van der Waals surface area contributed by atoms with E-state index in [1.807, 2.05) is 6.66 Å². The Hall–Kier alpha value is 0.530. The van der Waals surface area contributed by atoms with Crippen LogP contribution in [0.4, 0.5) is 0 Å². The third-order valence-electron chi connectivity index (χ3n) is 3.48. The first kappa shape index (κ1) is 12.0. The van der Waals surface area contributed by atoms with Crippen molar-refractivity contribution < 1.29 is 9.05 Å². The Balaban J connectivity index is 1.83. The normalized spacial score (nSPS) is 40.5. The number of likely N-dealkylation sites (tertiary alicyclic amines) is 1. The van der Waals surface area contributed by atoms with E-state index in [1.165, 1.54) is 25.9 Å². The molecule has 2 aliphatic heterocycles. The van der Waals surface area contributed by atoms with E-state index < -0.39 is 6.49 Å². The van der Waals surface area contributed by atoms with Crippen LogP contribution in [0.3, 0.4) is 0 Å². The third kappa shape index (κ3) is 3.24. The van der Waals surface area contributed by atoms with Crippen LogP contribution in [0.25, 0.3) is 0 Å². The third-order valence-corrected chi connectivity index (χ3v) is 5.34. The summed E-state index contributed by atoms with van der Waals surface area (Å²) in [4.78, 5) is 2.39. The van der Waals surface area contributed by atoms with Crippen molar-refractivity contribution in [2.75, 3.05) is 40.0 Å². The average Bonchev–Trinajstić information content (AvgIpc) is 2.20. The molecule has 88 valence electrons. The number of piperidine rings is 1. The van der Waals surface area contributed by atoms with Crippen LogP contribution in [-0.2, 0) is 20.9 Å². The smallest absolute Gasteiger partial charge is 0.185 e. The maximum absolute atomic E-state index is 5.65. The van der Waals surface area contributed by atoms with Crippen molar-refractivity contribution in [3.05, 3.63) is 0 Å². The summed E-state index contributed by atoms with van der Waals surface area (Å²) in [7, 11) is 2.19. The quantitative estimate of drug-likeness (QED) is 0.662. The maximum Gasteiger partial charge on any atom is 0.185 e. The molecule has 0 atom stereocenters. The molecule has 0 amide bonds. The molecule has 5 heteroatoms. The van der Waals surface area contributed by atoms with Crippen LogP contribution in [0.2, 0.25) is 0 Å². The van der Waals surface area contributed by atoms with Gasteiger partial charge in [-0.25, -0.2) is 0 Å². The highest BCUT2D eigenvalue weighted by Crippen LogP contribution is 2.49. The van der Waals surface area contributed by atoms with Crippen LogP contribution in [0.1, 0.15) is 12.8 Å². The second-order valence-electron chi connectivity index (χ2n) is 4.76. The summed E-state index contributed by atoms with van der Waals surface area (Å²) in [5, 5.41) is 0. The van der Waals surface area contributed by atoms with Gasteiger partial charge in [0.05, 0.1) is 13.2 Å². The molecule has 0 bridgehead atoms. The number of rotatable bonds is 1. The van der Waals surface area contributed by atoms with Crippen molar-refractivity contribution in [3.63, 3.8) is 0 Å². The monoisotopic (exact) mass is 249 g/mol. The lowest BCUT2D eigenvalue weighted by atomic mass is 9.85. The van der Waals surface area contributed by atoms with Gasteiger partial charge in [-0.05, 0) is 50.7 Å². The highest BCUT2D eigenvalue weighted by molar-refractivity contribution is 8.09.